The van der Waals surface area contributed by atoms with Crippen molar-refractivity contribution in [2.45, 2.75) is 19.9 Å². The van der Waals surface area contributed by atoms with Crippen LogP contribution in [0.5, 0.6) is 0 Å². The molecule has 0 N–H and O–H groups in total. The molecule has 0 spiro atoms. The minimum absolute atomic E-state index is 0.0538. The number of nitrogens with zero attached hydrogens (tertiary/aromatic N) is 1. The first kappa shape index (κ1) is 15.7. The molecular formula is C17H17BrFNO. The third kappa shape index (κ3) is 3.50. The van der Waals surface area contributed by atoms with Crippen molar-refractivity contribution < 1.29 is 9.18 Å². The van der Waals surface area contributed by atoms with Gasteiger partial charge in [0.15, 0.2) is 0 Å². The second-order valence-corrected chi connectivity index (χ2v) is 5.99. The van der Waals surface area contributed by atoms with E-state index >= 15 is 0 Å². The summed E-state index contributed by atoms with van der Waals surface area (Å²) in [7, 11) is 1.75. The summed E-state index contributed by atoms with van der Waals surface area (Å²) in [4.78, 5) is 14.1. The van der Waals surface area contributed by atoms with Crippen molar-refractivity contribution in [3.8, 4) is 0 Å². The summed E-state index contributed by atoms with van der Waals surface area (Å²) in [5, 5.41) is 0. The maximum absolute atomic E-state index is 13.3. The first-order valence-electron chi connectivity index (χ1n) is 6.69. The summed E-state index contributed by atoms with van der Waals surface area (Å²) in [5.74, 6) is -0.510. The van der Waals surface area contributed by atoms with Gasteiger partial charge >= 0.3 is 0 Å². The average molecular weight is 350 g/mol. The van der Waals surface area contributed by atoms with Gasteiger partial charge in [0.25, 0.3) is 5.91 Å². The molecule has 0 saturated heterocycles. The van der Waals surface area contributed by atoms with Gasteiger partial charge < -0.3 is 4.90 Å². The third-order valence-corrected chi connectivity index (χ3v) is 4.24. The zero-order chi connectivity index (χ0) is 15.6. The molecule has 21 heavy (non-hydrogen) atoms. The molecule has 2 nitrogen and oxygen atoms in total. The van der Waals surface area contributed by atoms with Crippen LogP contribution >= 0.6 is 15.9 Å². The number of carbonyl (C=O) groups is 1. The molecule has 1 amide bonds. The Hall–Kier alpha value is -1.68. The Morgan fingerprint density at radius 3 is 2.38 bits per heavy atom. The van der Waals surface area contributed by atoms with Crippen LogP contribution in [0.25, 0.3) is 0 Å². The van der Waals surface area contributed by atoms with Gasteiger partial charge in [0.05, 0.1) is 10.5 Å². The molecule has 0 fully saturated rings. The molecule has 0 aromatic heterocycles. The Bertz CT molecular complexity index is 654. The minimum Gasteiger partial charge on any atom is -0.335 e. The summed E-state index contributed by atoms with van der Waals surface area (Å²) < 4.78 is 13.5. The lowest BCUT2D eigenvalue weighted by Crippen LogP contribution is -2.29. The van der Waals surface area contributed by atoms with Gasteiger partial charge in [0, 0.05) is 12.6 Å². The fourth-order valence-corrected chi connectivity index (χ4v) is 2.46. The van der Waals surface area contributed by atoms with Gasteiger partial charge in [-0.25, -0.2) is 4.39 Å². The van der Waals surface area contributed by atoms with Crippen LogP contribution in [0.15, 0.2) is 46.9 Å². The third-order valence-electron chi connectivity index (χ3n) is 3.63. The monoisotopic (exact) mass is 349 g/mol. The SMILES string of the molecule is Cc1ccc(C(C)N(C)C(=O)c2ccc(F)c(Br)c2)cc1. The van der Waals surface area contributed by atoms with E-state index in [2.05, 4.69) is 15.9 Å². The molecule has 0 aliphatic rings. The van der Waals surface area contributed by atoms with E-state index in [1.165, 1.54) is 23.8 Å². The molecule has 110 valence electrons. The second-order valence-electron chi connectivity index (χ2n) is 5.13. The van der Waals surface area contributed by atoms with Gasteiger partial charge in [-0.1, -0.05) is 29.8 Å². The number of aryl methyl sites for hydroxylation is 1. The van der Waals surface area contributed by atoms with Gasteiger partial charge in [0.2, 0.25) is 0 Å². The predicted molar refractivity (Wildman–Crippen MR) is 85.8 cm³/mol. The molecule has 0 aliphatic carbocycles. The van der Waals surface area contributed by atoms with Crippen LogP contribution in [0.2, 0.25) is 0 Å². The molecule has 0 aliphatic heterocycles. The largest absolute Gasteiger partial charge is 0.335 e. The number of benzene rings is 2. The zero-order valence-corrected chi connectivity index (χ0v) is 13.8. The predicted octanol–water partition coefficient (Wildman–Crippen LogP) is 4.73. The van der Waals surface area contributed by atoms with E-state index in [1.54, 1.807) is 11.9 Å². The number of hydrogen-bond donors (Lipinski definition) is 0. The standard InChI is InChI=1S/C17H17BrFNO/c1-11-4-6-13(7-5-11)12(2)20(3)17(21)14-8-9-16(19)15(18)10-14/h4-10,12H,1-3H3. The Kier molecular flexibility index (Phi) is 4.78. The smallest absolute Gasteiger partial charge is 0.254 e. The van der Waals surface area contributed by atoms with E-state index in [0.29, 0.717) is 10.0 Å². The molecular weight excluding hydrogens is 333 g/mol. The van der Waals surface area contributed by atoms with E-state index in [4.69, 9.17) is 0 Å². The Morgan fingerprint density at radius 2 is 1.81 bits per heavy atom. The molecule has 0 heterocycles. The fourth-order valence-electron chi connectivity index (χ4n) is 2.08. The summed E-state index contributed by atoms with van der Waals surface area (Å²) in [6, 6.07) is 12.3. The molecule has 0 bridgehead atoms. The van der Waals surface area contributed by atoms with Gasteiger partial charge in [-0.05, 0) is 53.5 Å². The van der Waals surface area contributed by atoms with Crippen molar-refractivity contribution in [2.75, 3.05) is 7.05 Å². The van der Waals surface area contributed by atoms with Crippen LogP contribution in [-0.2, 0) is 0 Å². The number of hydrogen-bond acceptors (Lipinski definition) is 1. The highest BCUT2D eigenvalue weighted by atomic mass is 79.9. The molecule has 0 saturated carbocycles. The lowest BCUT2D eigenvalue weighted by molar-refractivity contribution is 0.0742. The summed E-state index contributed by atoms with van der Waals surface area (Å²) in [6.07, 6.45) is 0. The van der Waals surface area contributed by atoms with E-state index < -0.39 is 0 Å². The summed E-state index contributed by atoms with van der Waals surface area (Å²) in [5.41, 5.74) is 2.71. The molecule has 2 aromatic rings. The quantitative estimate of drug-likeness (QED) is 0.784. The summed E-state index contributed by atoms with van der Waals surface area (Å²) >= 11 is 3.11. The van der Waals surface area contributed by atoms with Crippen molar-refractivity contribution in [3.63, 3.8) is 0 Å². The molecule has 2 rings (SSSR count). The topological polar surface area (TPSA) is 20.3 Å². The van der Waals surface area contributed by atoms with Gasteiger partial charge in [-0.2, -0.15) is 0 Å². The van der Waals surface area contributed by atoms with Crippen molar-refractivity contribution in [1.29, 1.82) is 0 Å². The fraction of sp³-hybridized carbons (Fsp3) is 0.235. The van der Waals surface area contributed by atoms with Crippen molar-refractivity contribution >= 4 is 21.8 Å². The molecule has 1 atom stereocenters. The lowest BCUT2D eigenvalue weighted by atomic mass is 10.0. The molecule has 1 unspecified atom stereocenters. The number of carbonyl (C=O) groups excluding carboxylic acids is 1. The van der Waals surface area contributed by atoms with Gasteiger partial charge in [-0.15, -0.1) is 0 Å². The highest BCUT2D eigenvalue weighted by Crippen LogP contribution is 2.23. The second kappa shape index (κ2) is 6.39. The van der Waals surface area contributed by atoms with Crippen molar-refractivity contribution in [1.82, 2.24) is 4.90 Å². The molecule has 0 radical (unpaired) electrons. The zero-order valence-electron chi connectivity index (χ0n) is 12.2. The van der Waals surface area contributed by atoms with Crippen LogP contribution < -0.4 is 0 Å². The number of halogens is 2. The highest BCUT2D eigenvalue weighted by molar-refractivity contribution is 9.10. The molecule has 4 heteroatoms. The maximum atomic E-state index is 13.3. The number of rotatable bonds is 3. The van der Waals surface area contributed by atoms with Gasteiger partial charge in [-0.3, -0.25) is 4.79 Å². The van der Waals surface area contributed by atoms with Gasteiger partial charge in [0.1, 0.15) is 5.82 Å². The average Bonchev–Trinajstić information content (AvgIpc) is 2.48. The van der Waals surface area contributed by atoms with Crippen molar-refractivity contribution in [2.24, 2.45) is 0 Å². The first-order chi connectivity index (χ1) is 9.90. The van der Waals surface area contributed by atoms with Crippen LogP contribution in [0, 0.1) is 12.7 Å². The Labute approximate surface area is 132 Å². The Balaban J connectivity index is 2.21. The lowest BCUT2D eigenvalue weighted by Gasteiger charge is -2.25. The Morgan fingerprint density at radius 1 is 1.19 bits per heavy atom. The minimum atomic E-state index is -0.374. The van der Waals surface area contributed by atoms with E-state index in [1.807, 2.05) is 38.1 Å². The highest BCUT2D eigenvalue weighted by Gasteiger charge is 2.19. The van der Waals surface area contributed by atoms with Crippen LogP contribution in [0.1, 0.15) is 34.5 Å². The van der Waals surface area contributed by atoms with Crippen LogP contribution in [0.3, 0.4) is 0 Å². The maximum Gasteiger partial charge on any atom is 0.254 e. The summed E-state index contributed by atoms with van der Waals surface area (Å²) in [6.45, 7) is 4.00. The van der Waals surface area contributed by atoms with E-state index in [9.17, 15) is 9.18 Å². The first-order valence-corrected chi connectivity index (χ1v) is 7.48. The normalized spacial score (nSPS) is 12.0. The van der Waals surface area contributed by atoms with E-state index in [0.717, 1.165) is 5.56 Å². The van der Waals surface area contributed by atoms with Crippen LogP contribution in [-0.4, -0.2) is 17.9 Å². The van der Waals surface area contributed by atoms with Crippen molar-refractivity contribution in [3.05, 3.63) is 69.4 Å². The number of amides is 1. The molecule has 2 aromatic carbocycles. The van der Waals surface area contributed by atoms with E-state index in [-0.39, 0.29) is 17.8 Å². The van der Waals surface area contributed by atoms with Crippen LogP contribution in [0.4, 0.5) is 4.39 Å².